The number of nitrogens with one attached hydrogen (secondary N) is 2. The predicted molar refractivity (Wildman–Crippen MR) is 76.9 cm³/mol. The lowest BCUT2D eigenvalue weighted by Crippen LogP contribution is -2.26. The van der Waals surface area contributed by atoms with Crippen LogP contribution in [0.2, 0.25) is 0 Å². The van der Waals surface area contributed by atoms with Crippen LogP contribution in [0.25, 0.3) is 10.9 Å². The molecule has 1 fully saturated rings. The summed E-state index contributed by atoms with van der Waals surface area (Å²) in [5.41, 5.74) is 8.34. The van der Waals surface area contributed by atoms with Gasteiger partial charge >= 0.3 is 0 Å². The Balaban J connectivity index is 1.73. The molecule has 1 aliphatic rings. The van der Waals surface area contributed by atoms with E-state index in [2.05, 4.69) is 24.1 Å². The van der Waals surface area contributed by atoms with Crippen molar-refractivity contribution >= 4 is 22.5 Å². The molecule has 0 aliphatic heterocycles. The number of nitrogens with two attached hydrogens (primary N) is 1. The summed E-state index contributed by atoms with van der Waals surface area (Å²) in [6, 6.07) is 7.51. The molecular weight excluding hydrogens is 238 g/mol. The lowest BCUT2D eigenvalue weighted by atomic mass is 10.1. The summed E-state index contributed by atoms with van der Waals surface area (Å²) in [7, 11) is 0. The number of H-pyrrole nitrogens is 1. The van der Waals surface area contributed by atoms with Crippen molar-refractivity contribution in [2.45, 2.75) is 20.3 Å². The molecule has 1 amide bonds. The highest BCUT2D eigenvalue weighted by atomic mass is 16.1. The fourth-order valence-electron chi connectivity index (χ4n) is 2.54. The lowest BCUT2D eigenvalue weighted by Gasteiger charge is -2.05. The van der Waals surface area contributed by atoms with Crippen molar-refractivity contribution < 1.29 is 4.79 Å². The Morgan fingerprint density at radius 2 is 2.26 bits per heavy atom. The largest absolute Gasteiger partial charge is 0.397 e. The summed E-state index contributed by atoms with van der Waals surface area (Å²) in [6.45, 7) is 5.21. The summed E-state index contributed by atoms with van der Waals surface area (Å²) in [6.07, 6.45) is 1.19. The third-order valence-corrected chi connectivity index (χ3v) is 4.16. The maximum atomic E-state index is 12.1. The van der Waals surface area contributed by atoms with E-state index in [1.54, 1.807) is 0 Å². The predicted octanol–water partition coefficient (Wildman–Crippen LogP) is 2.53. The first-order chi connectivity index (χ1) is 8.97. The molecule has 2 aromatic rings. The molecule has 4 heteroatoms. The number of rotatable bonds is 3. The number of hydrogen-bond donors (Lipinski definition) is 3. The second-order valence-corrected chi connectivity index (χ2v) is 6.09. The van der Waals surface area contributed by atoms with Gasteiger partial charge in [0.15, 0.2) is 0 Å². The first kappa shape index (κ1) is 12.1. The van der Waals surface area contributed by atoms with Gasteiger partial charge in [0.2, 0.25) is 0 Å². The van der Waals surface area contributed by atoms with Crippen molar-refractivity contribution in [3.05, 3.63) is 30.0 Å². The van der Waals surface area contributed by atoms with E-state index in [-0.39, 0.29) is 5.91 Å². The van der Waals surface area contributed by atoms with Crippen LogP contribution >= 0.6 is 0 Å². The van der Waals surface area contributed by atoms with Crippen molar-refractivity contribution in [3.63, 3.8) is 0 Å². The monoisotopic (exact) mass is 257 g/mol. The van der Waals surface area contributed by atoms with Crippen LogP contribution in [0.5, 0.6) is 0 Å². The molecular formula is C15H19N3O. The van der Waals surface area contributed by atoms with Crippen LogP contribution in [0, 0.1) is 11.3 Å². The molecule has 4 nitrogen and oxygen atoms in total. The van der Waals surface area contributed by atoms with Gasteiger partial charge in [-0.3, -0.25) is 4.79 Å². The minimum atomic E-state index is -0.0571. The number of carbonyl (C=O) groups is 1. The van der Waals surface area contributed by atoms with Crippen LogP contribution < -0.4 is 11.1 Å². The quantitative estimate of drug-likeness (QED) is 0.739. The van der Waals surface area contributed by atoms with E-state index < -0.39 is 0 Å². The standard InChI is InChI=1S/C15H19N3O/c1-15(2)7-10(15)8-17-14(19)12-6-9-4-3-5-11(16)13(9)18-12/h3-6,10,18H,7-8,16H2,1-2H3,(H,17,19). The second-order valence-electron chi connectivity index (χ2n) is 6.09. The number of carbonyl (C=O) groups excluding carboxylic acids is 1. The van der Waals surface area contributed by atoms with Gasteiger partial charge in [0.05, 0.1) is 11.2 Å². The number of nitrogen functional groups attached to an aromatic ring is 1. The Morgan fingerprint density at radius 1 is 1.53 bits per heavy atom. The van der Waals surface area contributed by atoms with Gasteiger partial charge in [0, 0.05) is 11.9 Å². The number of anilines is 1. The maximum Gasteiger partial charge on any atom is 0.267 e. The Kier molecular flexibility index (Phi) is 2.55. The third-order valence-electron chi connectivity index (χ3n) is 4.16. The van der Waals surface area contributed by atoms with Crippen molar-refractivity contribution in [1.29, 1.82) is 0 Å². The topological polar surface area (TPSA) is 70.9 Å². The van der Waals surface area contributed by atoms with Gasteiger partial charge in [-0.25, -0.2) is 0 Å². The van der Waals surface area contributed by atoms with Gasteiger partial charge < -0.3 is 16.0 Å². The summed E-state index contributed by atoms with van der Waals surface area (Å²) in [5.74, 6) is 0.546. The molecule has 0 radical (unpaired) electrons. The zero-order chi connectivity index (χ0) is 13.6. The molecule has 0 spiro atoms. The fraction of sp³-hybridized carbons (Fsp3) is 0.400. The van der Waals surface area contributed by atoms with Gasteiger partial charge in [0.25, 0.3) is 5.91 Å². The molecule has 19 heavy (non-hydrogen) atoms. The number of amides is 1. The van der Waals surface area contributed by atoms with E-state index in [0.717, 1.165) is 17.4 Å². The van der Waals surface area contributed by atoms with Crippen LogP contribution in [-0.2, 0) is 0 Å². The van der Waals surface area contributed by atoms with Gasteiger partial charge in [0.1, 0.15) is 5.69 Å². The average Bonchev–Trinajstić information content (AvgIpc) is 2.78. The number of fused-ring (bicyclic) bond motifs is 1. The van der Waals surface area contributed by atoms with Gasteiger partial charge in [-0.05, 0) is 29.9 Å². The Bertz CT molecular complexity index is 642. The van der Waals surface area contributed by atoms with Crippen molar-refractivity contribution in [1.82, 2.24) is 10.3 Å². The minimum absolute atomic E-state index is 0.0571. The van der Waals surface area contributed by atoms with E-state index in [4.69, 9.17) is 5.73 Å². The van der Waals surface area contributed by atoms with E-state index in [9.17, 15) is 4.79 Å². The second kappa shape index (κ2) is 4.02. The maximum absolute atomic E-state index is 12.1. The van der Waals surface area contributed by atoms with Crippen LogP contribution in [0.3, 0.4) is 0 Å². The average molecular weight is 257 g/mol. The molecule has 1 saturated carbocycles. The van der Waals surface area contributed by atoms with Crippen molar-refractivity contribution in [3.8, 4) is 0 Å². The molecule has 1 aliphatic carbocycles. The van der Waals surface area contributed by atoms with E-state index in [0.29, 0.717) is 22.7 Å². The minimum Gasteiger partial charge on any atom is -0.397 e. The smallest absolute Gasteiger partial charge is 0.267 e. The number of aromatic nitrogens is 1. The summed E-state index contributed by atoms with van der Waals surface area (Å²) >= 11 is 0. The van der Waals surface area contributed by atoms with E-state index in [1.165, 1.54) is 6.42 Å². The molecule has 1 aromatic heterocycles. The van der Waals surface area contributed by atoms with Gasteiger partial charge in [-0.1, -0.05) is 26.0 Å². The first-order valence-electron chi connectivity index (χ1n) is 6.63. The molecule has 1 aromatic carbocycles. The number of para-hydroxylation sites is 1. The van der Waals surface area contributed by atoms with Crippen LogP contribution in [-0.4, -0.2) is 17.4 Å². The van der Waals surface area contributed by atoms with Crippen molar-refractivity contribution in [2.75, 3.05) is 12.3 Å². The lowest BCUT2D eigenvalue weighted by molar-refractivity contribution is 0.0946. The third kappa shape index (κ3) is 2.18. The van der Waals surface area contributed by atoms with Crippen molar-refractivity contribution in [2.24, 2.45) is 11.3 Å². The van der Waals surface area contributed by atoms with Gasteiger partial charge in [-0.15, -0.1) is 0 Å². The highest BCUT2D eigenvalue weighted by Crippen LogP contribution is 2.50. The summed E-state index contributed by atoms with van der Waals surface area (Å²) in [5, 5.41) is 3.96. The molecule has 0 saturated heterocycles. The molecule has 0 bridgehead atoms. The molecule has 1 heterocycles. The molecule has 1 atom stereocenters. The highest BCUT2D eigenvalue weighted by molar-refractivity contribution is 6.00. The SMILES string of the molecule is CC1(C)CC1CNC(=O)c1cc2cccc(N)c2[nH]1. The van der Waals surface area contributed by atoms with E-state index >= 15 is 0 Å². The molecule has 100 valence electrons. The van der Waals surface area contributed by atoms with Crippen LogP contribution in [0.4, 0.5) is 5.69 Å². The summed E-state index contributed by atoms with van der Waals surface area (Å²) < 4.78 is 0. The molecule has 1 unspecified atom stereocenters. The number of hydrogen-bond acceptors (Lipinski definition) is 2. The molecule has 4 N–H and O–H groups in total. The number of benzene rings is 1. The number of aromatic amines is 1. The Morgan fingerprint density at radius 3 is 2.89 bits per heavy atom. The van der Waals surface area contributed by atoms with Gasteiger partial charge in [-0.2, -0.15) is 0 Å². The first-order valence-corrected chi connectivity index (χ1v) is 6.63. The van der Waals surface area contributed by atoms with Crippen LogP contribution in [0.1, 0.15) is 30.8 Å². The Hall–Kier alpha value is -1.97. The zero-order valence-electron chi connectivity index (χ0n) is 11.3. The Labute approximate surface area is 112 Å². The van der Waals surface area contributed by atoms with E-state index in [1.807, 2.05) is 24.3 Å². The normalized spacial score (nSPS) is 20.4. The van der Waals surface area contributed by atoms with Crippen LogP contribution in [0.15, 0.2) is 24.3 Å². The summed E-state index contributed by atoms with van der Waals surface area (Å²) in [4.78, 5) is 15.2. The zero-order valence-corrected chi connectivity index (χ0v) is 11.3. The highest BCUT2D eigenvalue weighted by Gasteiger charge is 2.45. The fourth-order valence-corrected chi connectivity index (χ4v) is 2.54. The molecule has 3 rings (SSSR count).